The van der Waals surface area contributed by atoms with Crippen molar-refractivity contribution in [1.29, 1.82) is 0 Å². The van der Waals surface area contributed by atoms with E-state index < -0.39 is 23.0 Å². The topological polar surface area (TPSA) is 130 Å². The summed E-state index contributed by atoms with van der Waals surface area (Å²) in [5.41, 5.74) is 1.07. The van der Waals surface area contributed by atoms with Gasteiger partial charge in [-0.2, -0.15) is 0 Å². The molecule has 11 nitrogen and oxygen atoms in total. The van der Waals surface area contributed by atoms with Crippen LogP contribution in [0.5, 0.6) is 5.75 Å². The highest BCUT2D eigenvalue weighted by molar-refractivity contribution is 7.09. The van der Waals surface area contributed by atoms with Crippen LogP contribution in [0.2, 0.25) is 5.02 Å². The van der Waals surface area contributed by atoms with Gasteiger partial charge in [-0.05, 0) is 37.6 Å². The quantitative estimate of drug-likeness (QED) is 0.342. The van der Waals surface area contributed by atoms with E-state index in [1.807, 2.05) is 31.4 Å². The van der Waals surface area contributed by atoms with E-state index in [-0.39, 0.29) is 35.8 Å². The van der Waals surface area contributed by atoms with Gasteiger partial charge in [0.25, 0.3) is 5.69 Å². The van der Waals surface area contributed by atoms with Crippen LogP contribution in [-0.2, 0) is 4.79 Å². The SMILES string of the molecule is CC(C)Oc1cc([N+](=O)[O-])ccc1C1=NC(c2ccc(Cl)cc2)C(c2nccs2)N1C(=O)N1CCNC(=O)C1. The molecule has 0 spiro atoms. The van der Waals surface area contributed by atoms with Gasteiger partial charge in [0.15, 0.2) is 0 Å². The number of aromatic nitrogens is 1. The Bertz CT molecular complexity index is 1430. The molecule has 3 heterocycles. The van der Waals surface area contributed by atoms with Crippen molar-refractivity contribution >= 4 is 46.4 Å². The van der Waals surface area contributed by atoms with Gasteiger partial charge in [0, 0.05) is 35.8 Å². The van der Waals surface area contributed by atoms with Crippen molar-refractivity contribution in [2.24, 2.45) is 4.99 Å². The van der Waals surface area contributed by atoms with Crippen LogP contribution >= 0.6 is 22.9 Å². The largest absolute Gasteiger partial charge is 0.490 e. The van der Waals surface area contributed by atoms with Crippen LogP contribution in [0.15, 0.2) is 59.0 Å². The van der Waals surface area contributed by atoms with Crippen molar-refractivity contribution < 1.29 is 19.2 Å². The fourth-order valence-corrected chi connectivity index (χ4v) is 5.49. The molecule has 2 aromatic carbocycles. The Morgan fingerprint density at radius 2 is 2.03 bits per heavy atom. The molecule has 1 fully saturated rings. The average molecular weight is 569 g/mol. The summed E-state index contributed by atoms with van der Waals surface area (Å²) in [6.07, 6.45) is 1.36. The molecule has 2 aliphatic rings. The molecule has 2 atom stereocenters. The number of urea groups is 1. The number of non-ortho nitro benzene ring substituents is 1. The first kappa shape index (κ1) is 26.6. The summed E-state index contributed by atoms with van der Waals surface area (Å²) < 4.78 is 5.99. The number of amides is 3. The number of amidine groups is 1. The number of carbonyl (C=O) groups is 2. The third-order valence-electron chi connectivity index (χ3n) is 6.28. The maximum Gasteiger partial charge on any atom is 0.326 e. The zero-order valence-electron chi connectivity index (χ0n) is 21.1. The summed E-state index contributed by atoms with van der Waals surface area (Å²) in [6, 6.07) is 9.81. The standard InChI is InChI=1S/C26H25ClN6O5S/c1-15(2)38-20-13-18(33(36)37)7-8-19(20)24-30-22(16-3-5-17(27)6-4-16)23(25-29-10-12-39-25)32(24)26(35)31-11-9-28-21(34)14-31/h3-8,10,12-13,15,22-23H,9,11,14H2,1-2H3,(H,28,34). The molecule has 2 aliphatic heterocycles. The molecule has 1 aromatic heterocycles. The Morgan fingerprint density at radius 1 is 1.26 bits per heavy atom. The number of ether oxygens (including phenoxy) is 1. The second-order valence-electron chi connectivity index (χ2n) is 9.29. The van der Waals surface area contributed by atoms with Gasteiger partial charge in [-0.25, -0.2) is 9.78 Å². The second kappa shape index (κ2) is 11.0. The third kappa shape index (κ3) is 5.43. The maximum atomic E-state index is 14.2. The van der Waals surface area contributed by atoms with Crippen molar-refractivity contribution in [2.45, 2.75) is 32.0 Å². The molecule has 13 heteroatoms. The Balaban J connectivity index is 1.70. The molecular formula is C26H25ClN6O5S. The number of piperazine rings is 1. The highest BCUT2D eigenvalue weighted by Gasteiger charge is 2.46. The van der Waals surface area contributed by atoms with E-state index in [4.69, 9.17) is 21.3 Å². The number of nitrogens with zero attached hydrogens (tertiary/aromatic N) is 5. The zero-order chi connectivity index (χ0) is 27.7. The Hall–Kier alpha value is -4.03. The number of thiazole rings is 1. The number of carbonyl (C=O) groups excluding carboxylic acids is 2. The summed E-state index contributed by atoms with van der Waals surface area (Å²) in [5, 5.41) is 17.3. The van der Waals surface area contributed by atoms with Gasteiger partial charge in [0.1, 0.15) is 35.2 Å². The van der Waals surface area contributed by atoms with Gasteiger partial charge in [0.2, 0.25) is 5.91 Å². The number of rotatable bonds is 6. The van der Waals surface area contributed by atoms with E-state index in [2.05, 4.69) is 10.3 Å². The van der Waals surface area contributed by atoms with Gasteiger partial charge < -0.3 is 15.0 Å². The number of benzene rings is 2. The monoisotopic (exact) mass is 568 g/mol. The van der Waals surface area contributed by atoms with Crippen molar-refractivity contribution in [3.63, 3.8) is 0 Å². The average Bonchev–Trinajstić information content (AvgIpc) is 3.56. The number of hydrogen-bond acceptors (Lipinski definition) is 8. The van der Waals surface area contributed by atoms with Crippen LogP contribution in [0, 0.1) is 10.1 Å². The van der Waals surface area contributed by atoms with Crippen LogP contribution in [0.1, 0.15) is 42.1 Å². The first-order valence-corrected chi connectivity index (χ1v) is 13.5. The molecule has 1 N–H and O–H groups in total. The van der Waals surface area contributed by atoms with Gasteiger partial charge >= 0.3 is 6.03 Å². The molecule has 202 valence electrons. The Morgan fingerprint density at radius 3 is 2.67 bits per heavy atom. The number of nitrogens with one attached hydrogen (secondary N) is 1. The van der Waals surface area contributed by atoms with Gasteiger partial charge in [-0.3, -0.25) is 24.8 Å². The minimum Gasteiger partial charge on any atom is -0.490 e. The predicted octanol–water partition coefficient (Wildman–Crippen LogP) is 4.59. The lowest BCUT2D eigenvalue weighted by molar-refractivity contribution is -0.384. The van der Waals surface area contributed by atoms with E-state index in [1.54, 1.807) is 24.4 Å². The molecule has 0 aliphatic carbocycles. The van der Waals surface area contributed by atoms with Crippen molar-refractivity contribution in [3.05, 3.63) is 85.3 Å². The van der Waals surface area contributed by atoms with Crippen LogP contribution < -0.4 is 10.1 Å². The summed E-state index contributed by atoms with van der Waals surface area (Å²) in [5.74, 6) is 0.241. The molecule has 0 radical (unpaired) electrons. The molecular weight excluding hydrogens is 544 g/mol. The number of aliphatic imine (C=N–C) groups is 1. The van der Waals surface area contributed by atoms with E-state index in [0.717, 1.165) is 5.56 Å². The van der Waals surface area contributed by atoms with Crippen molar-refractivity contribution in [2.75, 3.05) is 19.6 Å². The van der Waals surface area contributed by atoms with E-state index >= 15 is 0 Å². The normalized spacial score (nSPS) is 19.2. The van der Waals surface area contributed by atoms with E-state index in [1.165, 1.54) is 33.3 Å². The molecule has 3 aromatic rings. The fraction of sp³-hybridized carbons (Fsp3) is 0.308. The molecule has 0 saturated carbocycles. The summed E-state index contributed by atoms with van der Waals surface area (Å²) in [7, 11) is 0. The van der Waals surface area contributed by atoms with Crippen LogP contribution in [0.25, 0.3) is 0 Å². The van der Waals surface area contributed by atoms with Gasteiger partial charge in [-0.15, -0.1) is 11.3 Å². The lowest BCUT2D eigenvalue weighted by atomic mass is 10.0. The smallest absolute Gasteiger partial charge is 0.326 e. The van der Waals surface area contributed by atoms with Crippen LogP contribution in [0.4, 0.5) is 10.5 Å². The minimum atomic E-state index is -0.638. The first-order valence-electron chi connectivity index (χ1n) is 12.3. The zero-order valence-corrected chi connectivity index (χ0v) is 22.7. The number of halogens is 1. The summed E-state index contributed by atoms with van der Waals surface area (Å²) in [4.78, 5) is 50.0. The molecule has 1 saturated heterocycles. The molecule has 0 bridgehead atoms. The number of nitro groups is 1. The first-order chi connectivity index (χ1) is 18.7. The molecule has 2 unspecified atom stereocenters. The van der Waals surface area contributed by atoms with Crippen LogP contribution in [0.3, 0.4) is 0 Å². The number of hydrogen-bond donors (Lipinski definition) is 1. The van der Waals surface area contributed by atoms with Crippen LogP contribution in [-0.4, -0.2) is 63.2 Å². The van der Waals surface area contributed by atoms with Crippen molar-refractivity contribution in [3.8, 4) is 5.75 Å². The minimum absolute atomic E-state index is 0.103. The summed E-state index contributed by atoms with van der Waals surface area (Å²) >= 11 is 7.54. The maximum absolute atomic E-state index is 14.2. The Kier molecular flexibility index (Phi) is 7.49. The van der Waals surface area contributed by atoms with Crippen molar-refractivity contribution in [1.82, 2.24) is 20.1 Å². The van der Waals surface area contributed by atoms with E-state index in [9.17, 15) is 19.7 Å². The predicted molar refractivity (Wildman–Crippen MR) is 146 cm³/mol. The molecule has 39 heavy (non-hydrogen) atoms. The van der Waals surface area contributed by atoms with Gasteiger partial charge in [-0.1, -0.05) is 23.7 Å². The highest BCUT2D eigenvalue weighted by Crippen LogP contribution is 2.46. The highest BCUT2D eigenvalue weighted by atomic mass is 35.5. The number of nitro benzene ring substituents is 1. The summed E-state index contributed by atoms with van der Waals surface area (Å²) in [6.45, 7) is 4.16. The fourth-order valence-electron chi connectivity index (χ4n) is 4.60. The van der Waals surface area contributed by atoms with E-state index in [0.29, 0.717) is 28.7 Å². The van der Waals surface area contributed by atoms with Gasteiger partial charge in [0.05, 0.1) is 22.7 Å². The lowest BCUT2D eigenvalue weighted by Crippen LogP contribution is -2.55. The third-order valence-corrected chi connectivity index (χ3v) is 7.38. The Labute approximate surface area is 233 Å². The molecule has 5 rings (SSSR count). The molecule has 3 amide bonds. The lowest BCUT2D eigenvalue weighted by Gasteiger charge is -2.34. The second-order valence-corrected chi connectivity index (χ2v) is 10.7.